The van der Waals surface area contributed by atoms with E-state index < -0.39 is 15.3 Å². The maximum Gasteiger partial charge on any atom is 0.320 e. The quantitative estimate of drug-likeness (QED) is 0.596. The molecule has 0 bridgehead atoms. The number of nitrogens with zero attached hydrogens (tertiary/aromatic N) is 3. The van der Waals surface area contributed by atoms with Gasteiger partial charge in [-0.1, -0.05) is 42.5 Å². The number of hydrogen-bond donors (Lipinski definition) is 1. The van der Waals surface area contributed by atoms with E-state index in [2.05, 4.69) is 10.2 Å². The van der Waals surface area contributed by atoms with E-state index in [1.807, 2.05) is 47.1 Å². The summed E-state index contributed by atoms with van der Waals surface area (Å²) in [5, 5.41) is 3.16. The van der Waals surface area contributed by atoms with Crippen LogP contribution in [0.4, 0.5) is 9.18 Å². The molecule has 0 saturated carbocycles. The Morgan fingerprint density at radius 1 is 0.875 bits per heavy atom. The van der Waals surface area contributed by atoms with Gasteiger partial charge in [-0.25, -0.2) is 17.6 Å². The van der Waals surface area contributed by atoms with Crippen LogP contribution >= 0.6 is 0 Å². The predicted molar refractivity (Wildman–Crippen MR) is 152 cm³/mol. The number of rotatable bonds is 5. The second-order valence-corrected chi connectivity index (χ2v) is 13.7. The van der Waals surface area contributed by atoms with E-state index in [4.69, 9.17) is 0 Å². The van der Waals surface area contributed by atoms with Gasteiger partial charge < -0.3 is 15.1 Å². The maximum absolute atomic E-state index is 13.8. The van der Waals surface area contributed by atoms with Crippen LogP contribution in [0.15, 0.2) is 54.6 Å². The number of benzene rings is 2. The van der Waals surface area contributed by atoms with E-state index in [-0.39, 0.29) is 35.3 Å². The molecule has 216 valence electrons. The molecule has 0 aliphatic carbocycles. The molecule has 40 heavy (non-hydrogen) atoms. The standard InChI is InChI=1S/C30H39FN4O4S/c1-23(24-7-9-26(31)10-8-24)32-28(36)30(25-5-3-2-4-6-25)13-17-35(18-14-30)29(37)34-15-11-27(12-16-34)33-19-21-40(38,39)22-20-33/h2-10,23,27H,11-22H2,1H3,(H,32,36). The van der Waals surface area contributed by atoms with Gasteiger partial charge in [0.1, 0.15) is 5.82 Å². The normalized spacial score (nSPS) is 22.4. The molecule has 3 heterocycles. The lowest BCUT2D eigenvalue weighted by Gasteiger charge is -2.44. The molecule has 3 aliphatic rings. The highest BCUT2D eigenvalue weighted by Gasteiger charge is 2.45. The molecule has 0 spiro atoms. The molecule has 2 aromatic carbocycles. The summed E-state index contributed by atoms with van der Waals surface area (Å²) in [5.74, 6) is 0.0526. The molecule has 5 rings (SSSR count). The summed E-state index contributed by atoms with van der Waals surface area (Å²) in [6.45, 7) is 5.33. The molecule has 8 nitrogen and oxygen atoms in total. The Kier molecular flexibility index (Phi) is 8.47. The maximum atomic E-state index is 13.8. The number of likely N-dealkylation sites (tertiary alicyclic amines) is 2. The van der Waals surface area contributed by atoms with Gasteiger partial charge in [-0.2, -0.15) is 0 Å². The number of nitrogens with one attached hydrogen (secondary N) is 1. The molecule has 3 aliphatic heterocycles. The summed E-state index contributed by atoms with van der Waals surface area (Å²) in [4.78, 5) is 33.3. The Bertz CT molecular complexity index is 1270. The Hall–Kier alpha value is -2.98. The number of piperidine rings is 2. The first-order valence-electron chi connectivity index (χ1n) is 14.3. The number of amides is 3. The van der Waals surface area contributed by atoms with Crippen LogP contribution in [0.1, 0.15) is 49.8 Å². The van der Waals surface area contributed by atoms with E-state index in [1.165, 1.54) is 12.1 Å². The molecule has 2 aromatic rings. The number of carbonyl (C=O) groups excluding carboxylic acids is 2. The van der Waals surface area contributed by atoms with E-state index in [0.717, 1.165) is 24.0 Å². The molecule has 0 aromatic heterocycles. The lowest BCUT2D eigenvalue weighted by atomic mass is 9.71. The summed E-state index contributed by atoms with van der Waals surface area (Å²) in [7, 11) is -2.91. The zero-order chi connectivity index (χ0) is 28.3. The molecule has 3 saturated heterocycles. The summed E-state index contributed by atoms with van der Waals surface area (Å²) in [5.41, 5.74) is 1.02. The highest BCUT2D eigenvalue weighted by atomic mass is 32.2. The average Bonchev–Trinajstić information content (AvgIpc) is 2.97. The van der Waals surface area contributed by atoms with Gasteiger partial charge in [0.2, 0.25) is 5.91 Å². The zero-order valence-electron chi connectivity index (χ0n) is 23.1. The van der Waals surface area contributed by atoms with Gasteiger partial charge in [0.15, 0.2) is 9.84 Å². The third kappa shape index (κ3) is 6.17. The fourth-order valence-electron chi connectivity index (χ4n) is 6.37. The fraction of sp³-hybridized carbons (Fsp3) is 0.533. The van der Waals surface area contributed by atoms with Gasteiger partial charge in [-0.05, 0) is 55.9 Å². The third-order valence-electron chi connectivity index (χ3n) is 9.00. The van der Waals surface area contributed by atoms with Gasteiger partial charge in [-0.3, -0.25) is 9.69 Å². The van der Waals surface area contributed by atoms with Crippen molar-refractivity contribution in [2.75, 3.05) is 50.8 Å². The summed E-state index contributed by atoms with van der Waals surface area (Å²) in [6.07, 6.45) is 2.72. The van der Waals surface area contributed by atoms with Crippen molar-refractivity contribution >= 4 is 21.8 Å². The first-order chi connectivity index (χ1) is 19.2. The van der Waals surface area contributed by atoms with E-state index in [0.29, 0.717) is 58.2 Å². The summed E-state index contributed by atoms with van der Waals surface area (Å²) >= 11 is 0. The minimum atomic E-state index is -2.91. The van der Waals surface area contributed by atoms with Crippen molar-refractivity contribution in [2.45, 2.75) is 50.1 Å². The molecule has 1 N–H and O–H groups in total. The van der Waals surface area contributed by atoms with Crippen molar-refractivity contribution in [1.29, 1.82) is 0 Å². The second kappa shape index (κ2) is 11.9. The SMILES string of the molecule is CC(NC(=O)C1(c2ccccc2)CCN(C(=O)N2CCC(N3CCS(=O)(=O)CC3)CC2)CC1)c1ccc(F)cc1. The van der Waals surface area contributed by atoms with Crippen molar-refractivity contribution in [3.63, 3.8) is 0 Å². The van der Waals surface area contributed by atoms with Crippen LogP contribution in [0, 0.1) is 5.82 Å². The van der Waals surface area contributed by atoms with Gasteiger partial charge in [-0.15, -0.1) is 0 Å². The number of sulfone groups is 1. The third-order valence-corrected chi connectivity index (χ3v) is 10.6. The second-order valence-electron chi connectivity index (χ2n) is 11.4. The highest BCUT2D eigenvalue weighted by Crippen LogP contribution is 2.37. The molecule has 1 unspecified atom stereocenters. The molecule has 3 amide bonds. The molecule has 0 radical (unpaired) electrons. The van der Waals surface area contributed by atoms with E-state index >= 15 is 0 Å². The predicted octanol–water partition coefficient (Wildman–Crippen LogP) is 3.35. The minimum absolute atomic E-state index is 0.0152. The lowest BCUT2D eigenvalue weighted by Crippen LogP contribution is -2.57. The Morgan fingerprint density at radius 3 is 2.05 bits per heavy atom. The molecule has 10 heteroatoms. The first kappa shape index (κ1) is 28.5. The van der Waals surface area contributed by atoms with Crippen molar-refractivity contribution in [3.05, 3.63) is 71.5 Å². The molecule has 1 atom stereocenters. The van der Waals surface area contributed by atoms with Gasteiger partial charge in [0, 0.05) is 45.3 Å². The van der Waals surface area contributed by atoms with Crippen LogP contribution < -0.4 is 5.32 Å². The summed E-state index contributed by atoms with van der Waals surface area (Å²) in [6, 6.07) is 16.0. The van der Waals surface area contributed by atoms with Crippen LogP contribution in [0.5, 0.6) is 0 Å². The van der Waals surface area contributed by atoms with E-state index in [9.17, 15) is 22.4 Å². The van der Waals surface area contributed by atoms with Crippen LogP contribution in [0.25, 0.3) is 0 Å². The van der Waals surface area contributed by atoms with Crippen molar-refractivity contribution < 1.29 is 22.4 Å². The van der Waals surface area contributed by atoms with Crippen LogP contribution in [0.2, 0.25) is 0 Å². The van der Waals surface area contributed by atoms with Gasteiger partial charge in [0.05, 0.1) is 23.0 Å². The Labute approximate surface area is 236 Å². The van der Waals surface area contributed by atoms with Gasteiger partial charge >= 0.3 is 6.03 Å². The molecule has 3 fully saturated rings. The summed E-state index contributed by atoms with van der Waals surface area (Å²) < 4.78 is 37.0. The smallest absolute Gasteiger partial charge is 0.320 e. The zero-order valence-corrected chi connectivity index (χ0v) is 23.9. The topological polar surface area (TPSA) is 90.0 Å². The van der Waals surface area contributed by atoms with Crippen molar-refractivity contribution in [3.8, 4) is 0 Å². The lowest BCUT2D eigenvalue weighted by molar-refractivity contribution is -0.129. The number of carbonyl (C=O) groups is 2. The number of halogens is 1. The largest absolute Gasteiger partial charge is 0.349 e. The Balaban J connectivity index is 1.20. The minimum Gasteiger partial charge on any atom is -0.349 e. The van der Waals surface area contributed by atoms with Crippen LogP contribution in [0.3, 0.4) is 0 Å². The highest BCUT2D eigenvalue weighted by molar-refractivity contribution is 7.91. The van der Waals surface area contributed by atoms with E-state index in [1.54, 1.807) is 12.1 Å². The van der Waals surface area contributed by atoms with Crippen molar-refractivity contribution in [1.82, 2.24) is 20.0 Å². The average molecular weight is 571 g/mol. The fourth-order valence-corrected chi connectivity index (χ4v) is 7.60. The first-order valence-corrected chi connectivity index (χ1v) is 16.1. The molecular formula is C30H39FN4O4S. The molecular weight excluding hydrogens is 531 g/mol. The number of hydrogen-bond acceptors (Lipinski definition) is 5. The van der Waals surface area contributed by atoms with Crippen LogP contribution in [-0.2, 0) is 20.0 Å². The van der Waals surface area contributed by atoms with Crippen LogP contribution in [-0.4, -0.2) is 91.9 Å². The monoisotopic (exact) mass is 570 g/mol. The number of urea groups is 1. The van der Waals surface area contributed by atoms with Gasteiger partial charge in [0.25, 0.3) is 0 Å². The van der Waals surface area contributed by atoms with Crippen molar-refractivity contribution in [2.24, 2.45) is 0 Å². The Morgan fingerprint density at radius 2 is 1.45 bits per heavy atom.